The molecular formula is C22H15Cl2N3O5. The number of nitrogens with zero attached hydrogens (tertiary/aromatic N) is 2. The molecule has 0 atom stereocenters. The van der Waals surface area contributed by atoms with Gasteiger partial charge in [-0.3, -0.25) is 14.9 Å². The lowest BCUT2D eigenvalue weighted by molar-refractivity contribution is -0.385. The van der Waals surface area contributed by atoms with Crippen molar-refractivity contribution in [2.45, 2.75) is 6.92 Å². The maximum absolute atomic E-state index is 12.5. The van der Waals surface area contributed by atoms with E-state index in [0.29, 0.717) is 5.02 Å². The summed E-state index contributed by atoms with van der Waals surface area (Å²) in [6.45, 7) is 1.80. The van der Waals surface area contributed by atoms with Gasteiger partial charge in [-0.25, -0.2) is 10.2 Å². The summed E-state index contributed by atoms with van der Waals surface area (Å²) in [5.41, 5.74) is 3.15. The van der Waals surface area contributed by atoms with Crippen LogP contribution < -0.4 is 10.2 Å². The number of aryl methyl sites for hydroxylation is 1. The molecule has 0 aliphatic rings. The van der Waals surface area contributed by atoms with Crippen molar-refractivity contribution in [3.63, 3.8) is 0 Å². The first kappa shape index (κ1) is 22.9. The summed E-state index contributed by atoms with van der Waals surface area (Å²) in [7, 11) is 0. The Morgan fingerprint density at radius 3 is 2.53 bits per heavy atom. The van der Waals surface area contributed by atoms with Crippen molar-refractivity contribution in [2.24, 2.45) is 5.10 Å². The molecular weight excluding hydrogens is 457 g/mol. The van der Waals surface area contributed by atoms with E-state index in [-0.39, 0.29) is 27.5 Å². The number of benzene rings is 3. The minimum absolute atomic E-state index is 0.114. The van der Waals surface area contributed by atoms with Crippen molar-refractivity contribution in [3.05, 3.63) is 103 Å². The predicted octanol–water partition coefficient (Wildman–Crippen LogP) is 5.19. The number of ether oxygens (including phenoxy) is 1. The van der Waals surface area contributed by atoms with Gasteiger partial charge in [0.15, 0.2) is 0 Å². The third-order valence-electron chi connectivity index (χ3n) is 4.22. The summed E-state index contributed by atoms with van der Waals surface area (Å²) in [5, 5.41) is 15.8. The summed E-state index contributed by atoms with van der Waals surface area (Å²) >= 11 is 11.8. The largest absolute Gasteiger partial charge is 0.415 e. The second-order valence-electron chi connectivity index (χ2n) is 6.53. The number of nitrogens with one attached hydrogen (secondary N) is 1. The van der Waals surface area contributed by atoms with Crippen molar-refractivity contribution >= 4 is 47.0 Å². The third kappa shape index (κ3) is 5.48. The Bertz CT molecular complexity index is 1240. The van der Waals surface area contributed by atoms with Gasteiger partial charge in [0.25, 0.3) is 5.91 Å². The number of hydrogen-bond donors (Lipinski definition) is 1. The molecule has 3 rings (SSSR count). The minimum atomic E-state index is -0.769. The van der Waals surface area contributed by atoms with E-state index < -0.39 is 22.5 Å². The van der Waals surface area contributed by atoms with Crippen LogP contribution in [0.4, 0.5) is 5.69 Å². The molecule has 10 heteroatoms. The number of hydrogen-bond acceptors (Lipinski definition) is 6. The molecule has 0 aromatic heterocycles. The topological polar surface area (TPSA) is 111 Å². The van der Waals surface area contributed by atoms with Crippen molar-refractivity contribution in [2.75, 3.05) is 0 Å². The summed E-state index contributed by atoms with van der Waals surface area (Å²) < 4.78 is 5.33. The van der Waals surface area contributed by atoms with Crippen LogP contribution in [0.3, 0.4) is 0 Å². The van der Waals surface area contributed by atoms with E-state index in [2.05, 4.69) is 10.5 Å². The molecule has 0 spiro atoms. The van der Waals surface area contributed by atoms with Gasteiger partial charge < -0.3 is 4.74 Å². The number of rotatable bonds is 6. The lowest BCUT2D eigenvalue weighted by Gasteiger charge is -2.08. The average Bonchev–Trinajstić information content (AvgIpc) is 2.74. The van der Waals surface area contributed by atoms with Crippen LogP contribution in [0.15, 0.2) is 65.8 Å². The lowest BCUT2D eigenvalue weighted by Crippen LogP contribution is -2.18. The van der Waals surface area contributed by atoms with Crippen LogP contribution in [0.5, 0.6) is 5.75 Å². The number of nitro groups is 1. The third-order valence-corrected chi connectivity index (χ3v) is 4.76. The van der Waals surface area contributed by atoms with E-state index in [9.17, 15) is 19.7 Å². The molecule has 1 amide bonds. The number of para-hydroxylation sites is 1. The van der Waals surface area contributed by atoms with E-state index >= 15 is 0 Å². The Kier molecular flexibility index (Phi) is 7.19. The molecule has 32 heavy (non-hydrogen) atoms. The highest BCUT2D eigenvalue weighted by Gasteiger charge is 2.22. The van der Waals surface area contributed by atoms with Crippen LogP contribution in [0.2, 0.25) is 10.0 Å². The molecule has 3 aromatic rings. The van der Waals surface area contributed by atoms with Crippen LogP contribution in [-0.4, -0.2) is 23.0 Å². The zero-order chi connectivity index (χ0) is 23.3. The van der Waals surface area contributed by atoms with Crippen LogP contribution in [-0.2, 0) is 0 Å². The van der Waals surface area contributed by atoms with Crippen molar-refractivity contribution in [1.82, 2.24) is 5.43 Å². The number of amides is 1. The zero-order valence-corrected chi connectivity index (χ0v) is 18.1. The standard InChI is InChI=1S/C22H15Cl2N3O5/c1-13-4-2-5-14(10-13)22(29)32-20-15(6-3-7-19(20)27(30)31)12-25-26-21(28)17-9-8-16(23)11-18(17)24/h2-12H,1H3,(H,26,28)/b25-12+. The fourth-order valence-corrected chi connectivity index (χ4v) is 3.21. The Morgan fingerprint density at radius 2 is 1.84 bits per heavy atom. The average molecular weight is 472 g/mol. The summed E-state index contributed by atoms with van der Waals surface area (Å²) in [6.07, 6.45) is 1.13. The van der Waals surface area contributed by atoms with E-state index in [1.165, 1.54) is 42.5 Å². The molecule has 8 nitrogen and oxygen atoms in total. The first-order chi connectivity index (χ1) is 15.3. The Balaban J connectivity index is 1.86. The highest BCUT2D eigenvalue weighted by atomic mass is 35.5. The SMILES string of the molecule is Cc1cccc(C(=O)Oc2c(/C=N/NC(=O)c3ccc(Cl)cc3Cl)cccc2[N+](=O)[O-])c1. The van der Waals surface area contributed by atoms with Gasteiger partial charge in [-0.05, 0) is 43.3 Å². The fourth-order valence-electron chi connectivity index (χ4n) is 2.72. The molecule has 162 valence electrons. The van der Waals surface area contributed by atoms with Crippen LogP contribution in [0.1, 0.15) is 31.8 Å². The molecule has 0 fully saturated rings. The molecule has 1 N–H and O–H groups in total. The molecule has 0 heterocycles. The van der Waals surface area contributed by atoms with Crippen molar-refractivity contribution in [1.29, 1.82) is 0 Å². The molecule has 0 aliphatic heterocycles. The van der Waals surface area contributed by atoms with Crippen LogP contribution in [0.25, 0.3) is 0 Å². The molecule has 0 bridgehead atoms. The highest BCUT2D eigenvalue weighted by Crippen LogP contribution is 2.31. The number of hydrazone groups is 1. The van der Waals surface area contributed by atoms with E-state index in [1.807, 2.05) is 0 Å². The highest BCUT2D eigenvalue weighted by molar-refractivity contribution is 6.36. The molecule has 0 saturated heterocycles. The maximum Gasteiger partial charge on any atom is 0.343 e. The Labute approximate surface area is 192 Å². The number of carbonyl (C=O) groups excluding carboxylic acids is 2. The van der Waals surface area contributed by atoms with Crippen molar-refractivity contribution in [3.8, 4) is 5.75 Å². The summed E-state index contributed by atoms with van der Waals surface area (Å²) in [4.78, 5) is 35.6. The molecule has 3 aromatic carbocycles. The number of halogens is 2. The number of nitro benzene ring substituents is 1. The molecule has 0 radical (unpaired) electrons. The van der Waals surface area contributed by atoms with Crippen molar-refractivity contribution < 1.29 is 19.2 Å². The van der Waals surface area contributed by atoms with Gasteiger partial charge in [-0.15, -0.1) is 0 Å². The first-order valence-corrected chi connectivity index (χ1v) is 9.86. The second kappa shape index (κ2) is 10.0. The van der Waals surface area contributed by atoms with Gasteiger partial charge in [0, 0.05) is 16.7 Å². The van der Waals surface area contributed by atoms with Gasteiger partial charge in [-0.2, -0.15) is 5.10 Å². The second-order valence-corrected chi connectivity index (χ2v) is 7.38. The maximum atomic E-state index is 12.5. The minimum Gasteiger partial charge on any atom is -0.415 e. The fraction of sp³-hybridized carbons (Fsp3) is 0.0455. The number of esters is 1. The lowest BCUT2D eigenvalue weighted by atomic mass is 10.1. The normalized spacial score (nSPS) is 10.7. The van der Waals surface area contributed by atoms with E-state index in [4.69, 9.17) is 27.9 Å². The van der Waals surface area contributed by atoms with Gasteiger partial charge in [0.2, 0.25) is 5.75 Å². The predicted molar refractivity (Wildman–Crippen MR) is 121 cm³/mol. The van der Waals surface area contributed by atoms with Gasteiger partial charge >= 0.3 is 11.7 Å². The van der Waals surface area contributed by atoms with E-state index in [0.717, 1.165) is 11.8 Å². The van der Waals surface area contributed by atoms with Gasteiger partial charge in [0.1, 0.15) is 0 Å². The Morgan fingerprint density at radius 1 is 1.09 bits per heavy atom. The molecule has 0 saturated carbocycles. The monoisotopic (exact) mass is 471 g/mol. The van der Waals surface area contributed by atoms with Crippen LogP contribution >= 0.6 is 23.2 Å². The number of carbonyl (C=O) groups is 2. The molecule has 0 aliphatic carbocycles. The van der Waals surface area contributed by atoms with Gasteiger partial charge in [0.05, 0.1) is 27.3 Å². The Hall–Kier alpha value is -3.75. The van der Waals surface area contributed by atoms with Crippen LogP contribution in [0, 0.1) is 17.0 Å². The molecule has 0 unspecified atom stereocenters. The van der Waals surface area contributed by atoms with Gasteiger partial charge in [-0.1, -0.05) is 47.0 Å². The summed E-state index contributed by atoms with van der Waals surface area (Å²) in [5.74, 6) is -1.69. The summed E-state index contributed by atoms with van der Waals surface area (Å²) in [6, 6.07) is 15.0. The first-order valence-electron chi connectivity index (χ1n) is 9.11. The zero-order valence-electron chi connectivity index (χ0n) is 16.5. The smallest absolute Gasteiger partial charge is 0.343 e. The quantitative estimate of drug-likeness (QED) is 0.174. The van der Waals surface area contributed by atoms with E-state index in [1.54, 1.807) is 25.1 Å².